The molecule has 0 aliphatic carbocycles. The maximum Gasteiger partial charge on any atom is 0.490 e. The molecule has 1 amide bonds. The minimum Gasteiger partial charge on any atom is -0.495 e. The fourth-order valence-corrected chi connectivity index (χ4v) is 4.42. The Morgan fingerprint density at radius 3 is 2.04 bits per heavy atom. The normalized spacial score (nSPS) is 13.4. The minimum atomic E-state index is -5.08. The summed E-state index contributed by atoms with van der Waals surface area (Å²) in [7, 11) is 1.64. The molecule has 11 nitrogen and oxygen atoms in total. The number of rotatable bonds is 5. The van der Waals surface area contributed by atoms with Crippen LogP contribution in [0, 0.1) is 12.7 Å². The van der Waals surface area contributed by atoms with E-state index in [4.69, 9.17) is 30.3 Å². The zero-order valence-electron chi connectivity index (χ0n) is 24.9. The van der Waals surface area contributed by atoms with Crippen molar-refractivity contribution in [2.75, 3.05) is 7.11 Å². The first-order valence-electron chi connectivity index (χ1n) is 13.5. The number of fused-ring (bicyclic) bond motifs is 1. The van der Waals surface area contributed by atoms with Crippen LogP contribution in [0.25, 0.3) is 28.6 Å². The molecule has 0 atom stereocenters. The molecule has 0 radical (unpaired) electrons. The lowest BCUT2D eigenvalue weighted by Gasteiger charge is -2.20. The Morgan fingerprint density at radius 2 is 1.56 bits per heavy atom. The Kier molecular flexibility index (Phi) is 11.4. The quantitative estimate of drug-likeness (QED) is 0.219. The number of halogens is 7. The maximum absolute atomic E-state index is 13.5. The van der Waals surface area contributed by atoms with Gasteiger partial charge in [-0.2, -0.15) is 26.3 Å². The van der Waals surface area contributed by atoms with E-state index in [0.717, 1.165) is 41.1 Å². The summed E-state index contributed by atoms with van der Waals surface area (Å²) in [6.45, 7) is 2.63. The lowest BCUT2D eigenvalue weighted by molar-refractivity contribution is -0.193. The first-order valence-corrected chi connectivity index (χ1v) is 13.5. The number of hydrogen-bond acceptors (Lipinski definition) is 6. The molecular formula is C30H26F7N5O6. The van der Waals surface area contributed by atoms with Gasteiger partial charge in [0.2, 0.25) is 0 Å². The number of primary amides is 1. The van der Waals surface area contributed by atoms with Crippen molar-refractivity contribution in [1.82, 2.24) is 19.1 Å². The third kappa shape index (κ3) is 9.20. The fourth-order valence-electron chi connectivity index (χ4n) is 4.42. The molecule has 3 heterocycles. The fraction of sp³-hybridized carbons (Fsp3) is 0.233. The van der Waals surface area contributed by atoms with Crippen molar-refractivity contribution in [2.24, 2.45) is 5.73 Å². The number of nitrogens with zero attached hydrogens (tertiary/aromatic N) is 4. The second-order valence-electron chi connectivity index (χ2n) is 9.89. The van der Waals surface area contributed by atoms with E-state index in [0.29, 0.717) is 23.6 Å². The van der Waals surface area contributed by atoms with E-state index in [1.807, 2.05) is 40.5 Å². The van der Waals surface area contributed by atoms with Gasteiger partial charge in [0.1, 0.15) is 17.4 Å². The van der Waals surface area contributed by atoms with Crippen LogP contribution in [0.1, 0.15) is 40.4 Å². The molecule has 4 N–H and O–H groups in total. The number of aromatic nitrogens is 4. The number of hydrogen-bond donors (Lipinski definition) is 3. The number of carbonyl (C=O) groups is 3. The average Bonchev–Trinajstić information content (AvgIpc) is 3.62. The number of aryl methyl sites for hydroxylation is 1. The van der Waals surface area contributed by atoms with Crippen molar-refractivity contribution in [3.8, 4) is 22.7 Å². The highest BCUT2D eigenvalue weighted by molar-refractivity contribution is 5.98. The standard InChI is InChI=1S/C26H24FN5O2.2C2HF3O2/c1-16-14-31(15-29-16)21-10-5-17(13-22(21)34-2)12-19-4-3-11-32-24(18-6-8-20(27)9-7-18)23(25(28)33)30-26(19)32;2*3-2(4,5)1(6)7/h5-10,12-15H,3-4,11H2,1-2H3,(H2,28,33);2*(H,6,7)/b19-12+;;. The van der Waals surface area contributed by atoms with Crippen molar-refractivity contribution in [2.45, 2.75) is 38.7 Å². The Morgan fingerprint density at radius 1 is 0.979 bits per heavy atom. The van der Waals surface area contributed by atoms with E-state index >= 15 is 0 Å². The molecule has 256 valence electrons. The molecule has 48 heavy (non-hydrogen) atoms. The number of carboxylic acid groups (broad SMARTS) is 2. The molecule has 0 saturated carbocycles. The van der Waals surface area contributed by atoms with Crippen LogP contribution in [0.2, 0.25) is 0 Å². The summed E-state index contributed by atoms with van der Waals surface area (Å²) in [5.74, 6) is -5.04. The van der Waals surface area contributed by atoms with Gasteiger partial charge in [-0.3, -0.25) is 4.79 Å². The average molecular weight is 686 g/mol. The van der Waals surface area contributed by atoms with Gasteiger partial charge in [0, 0.05) is 18.3 Å². The predicted molar refractivity (Wildman–Crippen MR) is 155 cm³/mol. The van der Waals surface area contributed by atoms with Gasteiger partial charge in [0.25, 0.3) is 5.91 Å². The van der Waals surface area contributed by atoms with E-state index in [9.17, 15) is 35.5 Å². The van der Waals surface area contributed by atoms with Gasteiger partial charge in [0.15, 0.2) is 5.69 Å². The molecule has 0 spiro atoms. The first kappa shape index (κ1) is 36.8. The minimum absolute atomic E-state index is 0.192. The lowest BCUT2D eigenvalue weighted by Crippen LogP contribution is -2.21. The Balaban J connectivity index is 0.000000376. The van der Waals surface area contributed by atoms with Crippen LogP contribution in [-0.4, -0.2) is 66.6 Å². The van der Waals surface area contributed by atoms with E-state index in [1.54, 1.807) is 25.6 Å². The van der Waals surface area contributed by atoms with Gasteiger partial charge in [-0.15, -0.1) is 0 Å². The van der Waals surface area contributed by atoms with Gasteiger partial charge in [-0.1, -0.05) is 6.07 Å². The van der Waals surface area contributed by atoms with Gasteiger partial charge in [-0.25, -0.2) is 23.9 Å². The number of carbonyl (C=O) groups excluding carboxylic acids is 1. The zero-order chi connectivity index (χ0) is 36.0. The molecule has 18 heteroatoms. The topological polar surface area (TPSA) is 163 Å². The summed E-state index contributed by atoms with van der Waals surface area (Å²) in [4.78, 5) is 38.9. The molecule has 5 rings (SSSR count). The molecule has 0 unspecified atom stereocenters. The van der Waals surface area contributed by atoms with Crippen LogP contribution >= 0.6 is 0 Å². The number of ether oxygens (including phenoxy) is 1. The van der Waals surface area contributed by atoms with E-state index < -0.39 is 30.2 Å². The van der Waals surface area contributed by atoms with Crippen molar-refractivity contribution >= 4 is 29.5 Å². The molecule has 4 aromatic rings. The number of imidazole rings is 2. The Hall–Kier alpha value is -5.68. The summed E-state index contributed by atoms with van der Waals surface area (Å²) in [5, 5.41) is 14.2. The van der Waals surface area contributed by atoms with Gasteiger partial charge >= 0.3 is 24.3 Å². The second-order valence-corrected chi connectivity index (χ2v) is 9.89. The van der Waals surface area contributed by atoms with Crippen LogP contribution in [0.5, 0.6) is 5.75 Å². The third-order valence-corrected chi connectivity index (χ3v) is 6.45. The number of nitrogens with two attached hydrogens (primary N) is 1. The highest BCUT2D eigenvalue weighted by Crippen LogP contribution is 2.35. The van der Waals surface area contributed by atoms with Crippen molar-refractivity contribution in [3.63, 3.8) is 0 Å². The van der Waals surface area contributed by atoms with Crippen LogP contribution in [0.3, 0.4) is 0 Å². The second kappa shape index (κ2) is 14.8. The Labute approximate surface area is 266 Å². The predicted octanol–water partition coefficient (Wildman–Crippen LogP) is 5.89. The molecular weight excluding hydrogens is 659 g/mol. The molecule has 2 aromatic heterocycles. The van der Waals surface area contributed by atoms with Crippen molar-refractivity contribution in [3.05, 3.63) is 83.6 Å². The van der Waals surface area contributed by atoms with Gasteiger partial charge in [-0.05, 0) is 73.4 Å². The zero-order valence-corrected chi connectivity index (χ0v) is 24.9. The number of allylic oxidation sites excluding steroid dienone is 1. The van der Waals surface area contributed by atoms with Crippen LogP contribution in [0.15, 0.2) is 55.0 Å². The maximum atomic E-state index is 13.5. The van der Waals surface area contributed by atoms with Crippen molar-refractivity contribution in [1.29, 1.82) is 0 Å². The smallest absolute Gasteiger partial charge is 0.490 e. The third-order valence-electron chi connectivity index (χ3n) is 6.45. The molecule has 2 aromatic carbocycles. The summed E-state index contributed by atoms with van der Waals surface area (Å²) in [6.07, 6.45) is -2.72. The number of methoxy groups -OCH3 is 1. The van der Waals surface area contributed by atoms with E-state index in [1.165, 1.54) is 12.1 Å². The molecule has 0 fully saturated rings. The largest absolute Gasteiger partial charge is 0.495 e. The lowest BCUT2D eigenvalue weighted by atomic mass is 10.0. The number of aliphatic carboxylic acids is 2. The number of benzene rings is 2. The highest BCUT2D eigenvalue weighted by atomic mass is 19.4. The number of alkyl halides is 6. The molecule has 0 saturated heterocycles. The monoisotopic (exact) mass is 685 g/mol. The molecule has 0 bridgehead atoms. The highest BCUT2D eigenvalue weighted by Gasteiger charge is 2.39. The molecule has 1 aliphatic rings. The number of amides is 1. The molecule has 1 aliphatic heterocycles. The summed E-state index contributed by atoms with van der Waals surface area (Å²) in [6, 6.07) is 12.0. The SMILES string of the molecule is COc1cc(/C=C2\CCCn3c2nc(C(N)=O)c3-c2ccc(F)cc2)ccc1-n1cnc(C)c1.O=C(O)C(F)(F)F.O=C(O)C(F)(F)F. The summed E-state index contributed by atoms with van der Waals surface area (Å²) < 4.78 is 86.5. The van der Waals surface area contributed by atoms with Gasteiger partial charge < -0.3 is 29.8 Å². The Bertz CT molecular complexity index is 1800. The van der Waals surface area contributed by atoms with Crippen LogP contribution in [-0.2, 0) is 16.1 Å². The first-order chi connectivity index (χ1) is 22.3. The van der Waals surface area contributed by atoms with Crippen LogP contribution in [0.4, 0.5) is 30.7 Å². The van der Waals surface area contributed by atoms with E-state index in [2.05, 4.69) is 16.0 Å². The van der Waals surface area contributed by atoms with Gasteiger partial charge in [0.05, 0.1) is 30.5 Å². The van der Waals surface area contributed by atoms with E-state index in [-0.39, 0.29) is 11.5 Å². The summed E-state index contributed by atoms with van der Waals surface area (Å²) in [5.41, 5.74) is 11.0. The number of carboxylic acids is 2. The summed E-state index contributed by atoms with van der Waals surface area (Å²) >= 11 is 0. The van der Waals surface area contributed by atoms with Crippen molar-refractivity contribution < 1.29 is 60.1 Å². The van der Waals surface area contributed by atoms with Crippen LogP contribution < -0.4 is 10.5 Å².